The van der Waals surface area contributed by atoms with E-state index in [1.165, 1.54) is 17.8 Å². The number of aliphatic hydroxyl groups is 1. The van der Waals surface area contributed by atoms with Gasteiger partial charge in [-0.3, -0.25) is 0 Å². The van der Waals surface area contributed by atoms with E-state index >= 15 is 0 Å². The van der Waals surface area contributed by atoms with Crippen LogP contribution in [0.2, 0.25) is 0 Å². The number of sulfonamides is 1. The number of para-hydroxylation sites is 1. The Labute approximate surface area is 98.9 Å². The van der Waals surface area contributed by atoms with Crippen LogP contribution in [-0.2, 0) is 10.0 Å². The van der Waals surface area contributed by atoms with Crippen molar-refractivity contribution in [1.29, 1.82) is 0 Å². The first-order chi connectivity index (χ1) is 7.46. The Hall–Kier alpha value is -0.760. The van der Waals surface area contributed by atoms with Crippen LogP contribution in [0, 0.1) is 0 Å². The molecule has 0 heterocycles. The smallest absolute Gasteiger partial charge is 0.240 e. The quantitative estimate of drug-likeness (QED) is 0.404. The van der Waals surface area contributed by atoms with Crippen LogP contribution in [0.25, 0.3) is 0 Å². The molecule has 0 radical (unpaired) electrons. The second kappa shape index (κ2) is 5.53. The van der Waals surface area contributed by atoms with Crippen LogP contribution in [0.5, 0.6) is 0 Å². The average Bonchev–Trinajstić information content (AvgIpc) is 2.19. The largest absolute Gasteiger partial charge is 0.397 e. The highest BCUT2D eigenvalue weighted by molar-refractivity contribution is 7.99. The van der Waals surface area contributed by atoms with Crippen LogP contribution in [-0.4, -0.2) is 25.9 Å². The molecule has 0 aliphatic heterocycles. The third-order valence-electron chi connectivity index (χ3n) is 1.89. The molecule has 7 heteroatoms. The van der Waals surface area contributed by atoms with E-state index in [4.69, 9.17) is 16.0 Å². The van der Waals surface area contributed by atoms with Gasteiger partial charge >= 0.3 is 0 Å². The molecule has 5 nitrogen and oxygen atoms in total. The van der Waals surface area contributed by atoms with Crippen LogP contribution in [0.15, 0.2) is 28.0 Å². The van der Waals surface area contributed by atoms with Gasteiger partial charge in [-0.05, 0) is 18.6 Å². The second-order valence-electron chi connectivity index (χ2n) is 3.14. The van der Waals surface area contributed by atoms with Crippen LogP contribution in [0.3, 0.4) is 0 Å². The summed E-state index contributed by atoms with van der Waals surface area (Å²) in [5.41, 5.74) is 5.88. The lowest BCUT2D eigenvalue weighted by Crippen LogP contribution is -2.14. The van der Waals surface area contributed by atoms with Gasteiger partial charge in [0.05, 0.1) is 5.69 Å². The Morgan fingerprint density at radius 3 is 2.62 bits per heavy atom. The van der Waals surface area contributed by atoms with Crippen molar-refractivity contribution in [3.63, 3.8) is 0 Å². The summed E-state index contributed by atoms with van der Waals surface area (Å²) in [7, 11) is -3.77. The first kappa shape index (κ1) is 13.3. The molecule has 16 heavy (non-hydrogen) atoms. The fraction of sp³-hybridized carbons (Fsp3) is 0.333. The zero-order chi connectivity index (χ0) is 12.2. The topological polar surface area (TPSA) is 106 Å². The Morgan fingerprint density at radius 1 is 1.38 bits per heavy atom. The van der Waals surface area contributed by atoms with E-state index in [0.29, 0.717) is 17.1 Å². The second-order valence-corrected chi connectivity index (χ2v) is 5.81. The fourth-order valence-corrected chi connectivity index (χ4v) is 2.83. The molecule has 1 aromatic rings. The number of aliphatic hydroxyl groups excluding tert-OH is 1. The van der Waals surface area contributed by atoms with Crippen LogP contribution >= 0.6 is 11.8 Å². The van der Waals surface area contributed by atoms with Gasteiger partial charge in [-0.2, -0.15) is 0 Å². The van der Waals surface area contributed by atoms with E-state index in [1.54, 1.807) is 12.1 Å². The number of primary sulfonamides is 1. The van der Waals surface area contributed by atoms with Crippen molar-refractivity contribution in [2.45, 2.75) is 16.2 Å². The summed E-state index contributed by atoms with van der Waals surface area (Å²) >= 11 is 1.40. The highest BCUT2D eigenvalue weighted by Crippen LogP contribution is 2.30. The average molecular weight is 262 g/mol. The lowest BCUT2D eigenvalue weighted by Gasteiger charge is -2.08. The van der Waals surface area contributed by atoms with Gasteiger partial charge in [-0.15, -0.1) is 11.8 Å². The number of anilines is 1. The lowest BCUT2D eigenvalue weighted by molar-refractivity contribution is 0.296. The van der Waals surface area contributed by atoms with Gasteiger partial charge < -0.3 is 10.8 Å². The minimum absolute atomic E-state index is 0.0542. The normalized spacial score (nSPS) is 11.6. The number of nitrogen functional groups attached to an aromatic ring is 1. The number of benzene rings is 1. The van der Waals surface area contributed by atoms with E-state index in [1.807, 2.05) is 0 Å². The summed E-state index contributed by atoms with van der Waals surface area (Å²) in [4.78, 5) is 0.612. The van der Waals surface area contributed by atoms with Crippen molar-refractivity contribution >= 4 is 27.5 Å². The molecule has 0 aliphatic rings. The molecule has 0 bridgehead atoms. The van der Waals surface area contributed by atoms with Gasteiger partial charge in [0.2, 0.25) is 10.0 Å². The molecule has 0 spiro atoms. The molecule has 0 fully saturated rings. The van der Waals surface area contributed by atoms with Crippen molar-refractivity contribution in [3.05, 3.63) is 18.2 Å². The third-order valence-corrected chi connectivity index (χ3v) is 4.02. The number of rotatable bonds is 5. The van der Waals surface area contributed by atoms with E-state index in [2.05, 4.69) is 0 Å². The minimum atomic E-state index is -3.77. The molecule has 90 valence electrons. The SMILES string of the molecule is Nc1c(SCCCO)cccc1S(N)(=O)=O. The number of hydrogen-bond acceptors (Lipinski definition) is 5. The summed E-state index contributed by atoms with van der Waals surface area (Å²) in [6.45, 7) is 0.0990. The van der Waals surface area contributed by atoms with E-state index < -0.39 is 10.0 Å². The molecule has 0 atom stereocenters. The van der Waals surface area contributed by atoms with Crippen molar-refractivity contribution in [1.82, 2.24) is 0 Å². The zero-order valence-electron chi connectivity index (χ0n) is 8.59. The van der Waals surface area contributed by atoms with Gasteiger partial charge in [0.15, 0.2) is 0 Å². The van der Waals surface area contributed by atoms with Crippen LogP contribution in [0.1, 0.15) is 6.42 Å². The molecule has 0 saturated heterocycles. The van der Waals surface area contributed by atoms with Gasteiger partial charge in [-0.1, -0.05) is 6.07 Å². The maximum atomic E-state index is 11.2. The van der Waals surface area contributed by atoms with Gasteiger partial charge in [0, 0.05) is 17.3 Å². The summed E-state index contributed by atoms with van der Waals surface area (Å²) in [6, 6.07) is 4.70. The lowest BCUT2D eigenvalue weighted by atomic mass is 10.3. The Morgan fingerprint density at radius 2 is 2.06 bits per heavy atom. The number of nitrogens with two attached hydrogens (primary N) is 2. The third kappa shape index (κ3) is 3.38. The van der Waals surface area contributed by atoms with Crippen molar-refractivity contribution in [2.75, 3.05) is 18.1 Å². The number of thioether (sulfide) groups is 1. The predicted octanol–water partition coefficient (Wildman–Crippen LogP) is 0.391. The molecular formula is C9H14N2O3S2. The van der Waals surface area contributed by atoms with Crippen molar-refractivity contribution < 1.29 is 13.5 Å². The van der Waals surface area contributed by atoms with E-state index in [0.717, 1.165) is 0 Å². The molecule has 5 N–H and O–H groups in total. The fourth-order valence-electron chi connectivity index (χ4n) is 1.14. The highest BCUT2D eigenvalue weighted by Gasteiger charge is 2.14. The minimum Gasteiger partial charge on any atom is -0.397 e. The summed E-state index contributed by atoms with van der Waals surface area (Å²) in [5, 5.41) is 13.7. The van der Waals surface area contributed by atoms with Crippen molar-refractivity contribution in [3.8, 4) is 0 Å². The standard InChI is InChI=1S/C9H14N2O3S2/c10-9-7(15-6-2-5-12)3-1-4-8(9)16(11,13)14/h1,3-4,12H,2,5-6,10H2,(H2,11,13,14). The van der Waals surface area contributed by atoms with E-state index in [9.17, 15) is 8.42 Å². The Bertz CT molecular complexity index is 460. The molecular weight excluding hydrogens is 248 g/mol. The monoisotopic (exact) mass is 262 g/mol. The van der Waals surface area contributed by atoms with Gasteiger partial charge in [0.1, 0.15) is 4.90 Å². The Balaban J connectivity index is 2.96. The highest BCUT2D eigenvalue weighted by atomic mass is 32.2. The molecule has 0 amide bonds. The summed E-state index contributed by atoms with van der Waals surface area (Å²) in [5.74, 6) is 0.675. The van der Waals surface area contributed by atoms with Crippen LogP contribution < -0.4 is 10.9 Å². The van der Waals surface area contributed by atoms with E-state index in [-0.39, 0.29) is 17.2 Å². The summed E-state index contributed by atoms with van der Waals surface area (Å²) < 4.78 is 22.4. The molecule has 0 unspecified atom stereocenters. The maximum absolute atomic E-state index is 11.2. The zero-order valence-corrected chi connectivity index (χ0v) is 10.2. The molecule has 1 aromatic carbocycles. The van der Waals surface area contributed by atoms with Crippen LogP contribution in [0.4, 0.5) is 5.69 Å². The molecule has 0 aromatic heterocycles. The van der Waals surface area contributed by atoms with Crippen molar-refractivity contribution in [2.24, 2.45) is 5.14 Å². The Kier molecular flexibility index (Phi) is 4.60. The summed E-state index contributed by atoms with van der Waals surface area (Å²) in [6.07, 6.45) is 0.629. The predicted molar refractivity (Wildman–Crippen MR) is 64.7 cm³/mol. The van der Waals surface area contributed by atoms with Gasteiger partial charge in [-0.25, -0.2) is 13.6 Å². The molecule has 0 saturated carbocycles. The number of hydrogen-bond donors (Lipinski definition) is 3. The first-order valence-electron chi connectivity index (χ1n) is 4.61. The molecule has 0 aliphatic carbocycles. The van der Waals surface area contributed by atoms with Gasteiger partial charge in [0.25, 0.3) is 0 Å². The maximum Gasteiger partial charge on any atom is 0.240 e. The molecule has 1 rings (SSSR count). The first-order valence-corrected chi connectivity index (χ1v) is 7.15.